The molecule has 0 aromatic heterocycles. The van der Waals surface area contributed by atoms with Crippen LogP contribution < -0.4 is 16.0 Å². The second kappa shape index (κ2) is 27.1. The van der Waals surface area contributed by atoms with Gasteiger partial charge in [-0.05, 0) is 56.8 Å². The quantitative estimate of drug-likeness (QED) is 0.0350. The van der Waals surface area contributed by atoms with Crippen molar-refractivity contribution in [3.63, 3.8) is 0 Å². The maximum absolute atomic E-state index is 12.7. The fourth-order valence-electron chi connectivity index (χ4n) is 4.68. The molecular formula is C29H46F9N4O12P2+. The number of aliphatic hydroxyl groups excluding tert-OH is 1. The van der Waals surface area contributed by atoms with Crippen LogP contribution in [0.15, 0.2) is 0 Å². The number of phosphoric ester groups is 1. The Hall–Kier alpha value is -2.68. The third-order valence-electron chi connectivity index (χ3n) is 7.37. The highest BCUT2D eigenvalue weighted by molar-refractivity contribution is 7.47. The summed E-state index contributed by atoms with van der Waals surface area (Å²) in [6.45, 7) is -4.43. The lowest BCUT2D eigenvalue weighted by atomic mass is 9.75. The van der Waals surface area contributed by atoms with Crippen molar-refractivity contribution in [3.05, 3.63) is 0 Å². The summed E-state index contributed by atoms with van der Waals surface area (Å²) in [4.78, 5) is 44.0. The van der Waals surface area contributed by atoms with E-state index in [1.165, 1.54) is 0 Å². The Morgan fingerprint density at radius 1 is 0.714 bits per heavy atom. The number of nitriles is 1. The summed E-state index contributed by atoms with van der Waals surface area (Å²) in [6, 6.07) is 1.72. The van der Waals surface area contributed by atoms with Crippen molar-refractivity contribution < 1.29 is 95.9 Å². The first-order valence-corrected chi connectivity index (χ1v) is 19.6. The van der Waals surface area contributed by atoms with Crippen molar-refractivity contribution in [2.75, 3.05) is 59.3 Å². The summed E-state index contributed by atoms with van der Waals surface area (Å²) in [5.41, 5.74) is -1.35. The highest BCUT2D eigenvalue weighted by Gasteiger charge is 2.41. The molecule has 0 aliphatic rings. The van der Waals surface area contributed by atoms with Gasteiger partial charge in [-0.25, -0.2) is 4.57 Å². The number of nitrogens with one attached hydrogen (secondary N) is 3. The van der Waals surface area contributed by atoms with Crippen LogP contribution in [0.1, 0.15) is 70.6 Å². The van der Waals surface area contributed by atoms with Crippen LogP contribution in [0, 0.1) is 16.7 Å². The molecule has 16 nitrogen and oxygen atoms in total. The molecule has 27 heteroatoms. The normalized spacial score (nSPS) is 14.4. The molecule has 5 N–H and O–H groups in total. The van der Waals surface area contributed by atoms with Crippen LogP contribution in [0.3, 0.4) is 0 Å². The van der Waals surface area contributed by atoms with Crippen molar-refractivity contribution in [1.82, 2.24) is 16.0 Å². The number of carbonyl (C=O) groups is 3. The zero-order valence-electron chi connectivity index (χ0n) is 29.9. The van der Waals surface area contributed by atoms with Gasteiger partial charge in [0.05, 0.1) is 38.9 Å². The van der Waals surface area contributed by atoms with Crippen molar-refractivity contribution in [2.45, 2.75) is 95.3 Å². The van der Waals surface area contributed by atoms with Crippen molar-refractivity contribution in [1.29, 1.82) is 5.26 Å². The van der Waals surface area contributed by atoms with E-state index >= 15 is 0 Å². The summed E-state index contributed by atoms with van der Waals surface area (Å²) in [5, 5.41) is 22.4. The van der Waals surface area contributed by atoms with Gasteiger partial charge in [-0.3, -0.25) is 23.4 Å². The average Bonchev–Trinajstić information content (AvgIpc) is 3.09. The number of phosphoric acid groups is 1. The first-order valence-electron chi connectivity index (χ1n) is 17.0. The topological polar surface area (TPSA) is 232 Å². The minimum absolute atomic E-state index is 0.0456. The van der Waals surface area contributed by atoms with E-state index in [1.807, 2.05) is 0 Å². The van der Waals surface area contributed by atoms with Gasteiger partial charge >= 0.3 is 52.3 Å². The summed E-state index contributed by atoms with van der Waals surface area (Å²) >= 11 is 0. The number of alkyl halides is 9. The number of aliphatic hydroxyl groups is 1. The highest BCUT2D eigenvalue weighted by Crippen LogP contribution is 2.44. The van der Waals surface area contributed by atoms with Crippen molar-refractivity contribution in [2.24, 2.45) is 5.41 Å². The standard InChI is InChI=1S/C29H45F9N4O12P2/c30-27(31,32)23(44)40-13-5-9-26(10-6-14-41-24(45)28(33,34)35,11-7-15-42-25(46)29(36,37)38)21-50-19-22(54-55(47)51-17-8-12-39)20-53-56(48,49)52-18-4-2-1-3-16-43/h22,43H,1-11,13-21H2,(H3-,40,41,42,44,45,46,48,49)/p+1. The molecule has 0 spiro atoms. The molecule has 0 fully saturated rings. The molecule has 0 aromatic carbocycles. The predicted molar refractivity (Wildman–Crippen MR) is 174 cm³/mol. The molecule has 3 atom stereocenters. The van der Waals surface area contributed by atoms with E-state index in [1.54, 1.807) is 22.0 Å². The van der Waals surface area contributed by atoms with Gasteiger partial charge in [-0.1, -0.05) is 12.8 Å². The Bertz CT molecular complexity index is 1210. The number of halogens is 9. The maximum atomic E-state index is 12.7. The molecule has 3 amide bonds. The summed E-state index contributed by atoms with van der Waals surface area (Å²) in [5.74, 6) is -6.87. The number of amides is 3. The number of nitrogens with zero attached hydrogens (tertiary/aromatic N) is 1. The second-order valence-corrected chi connectivity index (χ2v) is 14.4. The molecule has 0 radical (unpaired) electrons. The summed E-state index contributed by atoms with van der Waals surface area (Å²) < 4.78 is 165. The minimum Gasteiger partial charge on any atom is -0.396 e. The smallest absolute Gasteiger partial charge is 0.396 e. The van der Waals surface area contributed by atoms with E-state index in [0.29, 0.717) is 25.7 Å². The number of hydrogen-bond acceptors (Lipinski definition) is 12. The Kier molecular flexibility index (Phi) is 25.8. The van der Waals surface area contributed by atoms with E-state index in [2.05, 4.69) is 0 Å². The number of hydrogen-bond donors (Lipinski definition) is 5. The zero-order valence-corrected chi connectivity index (χ0v) is 31.7. The Balaban J connectivity index is 6.12. The molecular weight excluding hydrogens is 829 g/mol. The Morgan fingerprint density at radius 3 is 1.61 bits per heavy atom. The van der Waals surface area contributed by atoms with Gasteiger partial charge in [0, 0.05) is 30.8 Å². The molecule has 0 rings (SSSR count). The SMILES string of the molecule is N#CCCO[P+](=O)OC(COCC(CCCNC(=O)C(F)(F)F)(CCCNC(=O)C(F)(F)F)CCCNC(=O)C(F)(F)F)COP(=O)(O)OCCCCCCO. The van der Waals surface area contributed by atoms with Crippen molar-refractivity contribution >= 4 is 33.8 Å². The Morgan fingerprint density at radius 2 is 1.18 bits per heavy atom. The molecule has 0 heterocycles. The summed E-state index contributed by atoms with van der Waals surface area (Å²) in [7, 11) is -7.78. The molecule has 0 bridgehead atoms. The van der Waals surface area contributed by atoms with E-state index in [4.69, 9.17) is 33.2 Å². The number of unbranched alkanes of at least 4 members (excludes halogenated alkanes) is 3. The molecule has 0 aliphatic carbocycles. The van der Waals surface area contributed by atoms with Gasteiger partial charge < -0.3 is 30.7 Å². The van der Waals surface area contributed by atoms with Crippen molar-refractivity contribution in [3.8, 4) is 6.07 Å². The molecule has 0 saturated heterocycles. The molecule has 0 aliphatic heterocycles. The van der Waals surface area contributed by atoms with Crippen LogP contribution in [-0.4, -0.2) is 112 Å². The average molecular weight is 876 g/mol. The van der Waals surface area contributed by atoms with Gasteiger partial charge in [0.25, 0.3) is 0 Å². The first-order chi connectivity index (χ1) is 26.0. The van der Waals surface area contributed by atoms with Gasteiger partial charge in [0.1, 0.15) is 6.61 Å². The highest BCUT2D eigenvalue weighted by atomic mass is 31.2. The van der Waals surface area contributed by atoms with Crippen LogP contribution in [0.2, 0.25) is 0 Å². The predicted octanol–water partition coefficient (Wildman–Crippen LogP) is 5.02. The third kappa shape index (κ3) is 26.3. The fraction of sp³-hybridized carbons (Fsp3) is 0.862. The lowest BCUT2D eigenvalue weighted by molar-refractivity contribution is -0.173. The molecule has 326 valence electrons. The van der Waals surface area contributed by atoms with Gasteiger partial charge in [0.2, 0.25) is 0 Å². The van der Waals surface area contributed by atoms with Crippen LogP contribution in [0.4, 0.5) is 39.5 Å². The Labute approximate surface area is 317 Å². The van der Waals surface area contributed by atoms with Gasteiger partial charge in [-0.15, -0.1) is 9.05 Å². The van der Waals surface area contributed by atoms with E-state index in [-0.39, 0.29) is 64.8 Å². The van der Waals surface area contributed by atoms with Crippen LogP contribution in [-0.2, 0) is 46.3 Å². The van der Waals surface area contributed by atoms with E-state index in [0.717, 1.165) is 0 Å². The zero-order chi connectivity index (χ0) is 42.9. The largest absolute Gasteiger partial charge is 0.697 e. The second-order valence-electron chi connectivity index (χ2n) is 12.0. The minimum atomic E-state index is -5.24. The third-order valence-corrected chi connectivity index (χ3v) is 9.22. The number of ether oxygens (including phenoxy) is 1. The first kappa shape index (κ1) is 53.3. The molecule has 56 heavy (non-hydrogen) atoms. The van der Waals surface area contributed by atoms with Gasteiger partial charge in [0.15, 0.2) is 6.10 Å². The van der Waals surface area contributed by atoms with Crippen LogP contribution in [0.25, 0.3) is 0 Å². The lowest BCUT2D eigenvalue weighted by Gasteiger charge is -2.35. The molecule has 0 saturated carbocycles. The lowest BCUT2D eigenvalue weighted by Crippen LogP contribution is -2.40. The van der Waals surface area contributed by atoms with Gasteiger partial charge in [-0.2, -0.15) is 44.8 Å². The molecule has 0 aromatic rings. The molecule has 3 unspecified atom stereocenters. The number of rotatable bonds is 31. The summed E-state index contributed by atoms with van der Waals surface area (Å²) in [6.07, 6.45) is -16.8. The van der Waals surface area contributed by atoms with E-state index < -0.39 is 103 Å². The monoisotopic (exact) mass is 875 g/mol. The van der Waals surface area contributed by atoms with E-state index in [9.17, 15) is 67.9 Å². The number of carbonyl (C=O) groups excluding carboxylic acids is 3. The van der Waals surface area contributed by atoms with Crippen LogP contribution >= 0.6 is 16.1 Å². The van der Waals surface area contributed by atoms with Crippen LogP contribution in [0.5, 0.6) is 0 Å². The maximum Gasteiger partial charge on any atom is 0.697 e. The fourth-order valence-corrected chi connectivity index (χ4v) is 6.14.